The number of hydrogen-bond donors (Lipinski definition) is 2. The lowest BCUT2D eigenvalue weighted by Crippen LogP contribution is -2.54. The maximum Gasteiger partial charge on any atom is 0.0438 e. The summed E-state index contributed by atoms with van der Waals surface area (Å²) in [6.07, 6.45) is 5.37. The van der Waals surface area contributed by atoms with Crippen LogP contribution in [0, 0.1) is 23.2 Å². The molecule has 1 aromatic carbocycles. The van der Waals surface area contributed by atoms with Crippen LogP contribution in [0.3, 0.4) is 0 Å². The van der Waals surface area contributed by atoms with Gasteiger partial charge in [0.05, 0.1) is 0 Å². The summed E-state index contributed by atoms with van der Waals surface area (Å²) in [4.78, 5) is 0. The van der Waals surface area contributed by atoms with Crippen LogP contribution in [0.2, 0.25) is 5.02 Å². The van der Waals surface area contributed by atoms with Crippen LogP contribution in [0.15, 0.2) is 24.3 Å². The van der Waals surface area contributed by atoms with E-state index in [0.717, 1.165) is 48.8 Å². The number of halogens is 1. The van der Waals surface area contributed by atoms with Crippen LogP contribution in [0.4, 0.5) is 0 Å². The van der Waals surface area contributed by atoms with E-state index in [4.69, 9.17) is 11.6 Å². The second-order valence-electron chi connectivity index (χ2n) is 7.99. The number of nitrogens with one attached hydrogen (secondary N) is 2. The standard InChI is InChI=1S/C20H31ClN2/c1-20(2)17-8-7-16(18(20)13-17)14-23-12-11-22-10-9-15-5-3-4-6-19(15)21/h3-6,16-18,22-23H,7-14H2,1-2H3/t16-,17-,18-/m0/s1. The quantitative estimate of drug-likeness (QED) is 0.698. The molecule has 128 valence electrons. The molecule has 0 heterocycles. The normalized spacial score (nSPS) is 28.4. The zero-order valence-corrected chi connectivity index (χ0v) is 15.3. The van der Waals surface area contributed by atoms with E-state index in [-0.39, 0.29) is 0 Å². The van der Waals surface area contributed by atoms with Crippen LogP contribution in [0.1, 0.15) is 38.7 Å². The zero-order chi connectivity index (χ0) is 16.3. The lowest BCUT2D eigenvalue weighted by molar-refractivity contribution is -0.103. The van der Waals surface area contributed by atoms with E-state index >= 15 is 0 Å². The molecule has 23 heavy (non-hydrogen) atoms. The Labute approximate surface area is 146 Å². The van der Waals surface area contributed by atoms with E-state index in [2.05, 4.69) is 36.6 Å². The highest BCUT2D eigenvalue weighted by Gasteiger charge is 2.53. The van der Waals surface area contributed by atoms with Crippen molar-refractivity contribution in [2.75, 3.05) is 26.2 Å². The van der Waals surface area contributed by atoms with Gasteiger partial charge in [-0.15, -0.1) is 0 Å². The third-order valence-corrected chi connectivity index (χ3v) is 6.78. The molecule has 0 amide bonds. The Morgan fingerprint density at radius 3 is 2.61 bits per heavy atom. The van der Waals surface area contributed by atoms with Crippen molar-refractivity contribution < 1.29 is 0 Å². The van der Waals surface area contributed by atoms with Gasteiger partial charge in [0.2, 0.25) is 0 Å². The highest BCUT2D eigenvalue weighted by atomic mass is 35.5. The highest BCUT2D eigenvalue weighted by Crippen LogP contribution is 2.61. The molecule has 3 aliphatic rings. The smallest absolute Gasteiger partial charge is 0.0438 e. The molecule has 0 aliphatic heterocycles. The van der Waals surface area contributed by atoms with E-state index in [1.54, 1.807) is 0 Å². The molecule has 0 radical (unpaired) electrons. The van der Waals surface area contributed by atoms with E-state index < -0.39 is 0 Å². The molecule has 2 nitrogen and oxygen atoms in total. The van der Waals surface area contributed by atoms with Gasteiger partial charge in [-0.3, -0.25) is 0 Å². The van der Waals surface area contributed by atoms with Crippen LogP contribution in [0.5, 0.6) is 0 Å². The average molecular weight is 335 g/mol. The minimum absolute atomic E-state index is 0.609. The summed E-state index contributed by atoms with van der Waals surface area (Å²) in [6, 6.07) is 8.12. The summed E-state index contributed by atoms with van der Waals surface area (Å²) in [5.74, 6) is 2.87. The molecule has 0 spiro atoms. The average Bonchev–Trinajstić information content (AvgIpc) is 2.55. The van der Waals surface area contributed by atoms with Crippen LogP contribution in [-0.4, -0.2) is 26.2 Å². The molecule has 2 N–H and O–H groups in total. The topological polar surface area (TPSA) is 24.1 Å². The van der Waals surface area contributed by atoms with Crippen molar-refractivity contribution in [2.24, 2.45) is 23.2 Å². The van der Waals surface area contributed by atoms with Gasteiger partial charge in [0, 0.05) is 18.1 Å². The summed E-state index contributed by atoms with van der Waals surface area (Å²) < 4.78 is 0. The van der Waals surface area contributed by atoms with Crippen molar-refractivity contribution in [3.8, 4) is 0 Å². The molecule has 3 heteroatoms. The van der Waals surface area contributed by atoms with Crippen LogP contribution in [0.25, 0.3) is 0 Å². The van der Waals surface area contributed by atoms with Crippen LogP contribution in [-0.2, 0) is 6.42 Å². The van der Waals surface area contributed by atoms with Gasteiger partial charge in [0.1, 0.15) is 0 Å². The van der Waals surface area contributed by atoms with Gasteiger partial charge in [-0.25, -0.2) is 0 Å². The summed E-state index contributed by atoms with van der Waals surface area (Å²) in [5.41, 5.74) is 1.84. The van der Waals surface area contributed by atoms with E-state index in [1.807, 2.05) is 12.1 Å². The largest absolute Gasteiger partial charge is 0.315 e. The maximum atomic E-state index is 6.17. The Kier molecular flexibility index (Phi) is 5.66. The van der Waals surface area contributed by atoms with E-state index in [1.165, 1.54) is 31.4 Å². The molecule has 3 saturated carbocycles. The van der Waals surface area contributed by atoms with Crippen molar-refractivity contribution in [3.05, 3.63) is 34.9 Å². The number of fused-ring (bicyclic) bond motifs is 2. The summed E-state index contributed by atoms with van der Waals surface area (Å²) in [5, 5.41) is 8.07. The fourth-order valence-electron chi connectivity index (χ4n) is 4.72. The molecule has 3 atom stereocenters. The Morgan fingerprint density at radius 1 is 1.09 bits per heavy atom. The maximum absolute atomic E-state index is 6.17. The van der Waals surface area contributed by atoms with Gasteiger partial charge >= 0.3 is 0 Å². The lowest BCUT2D eigenvalue weighted by atomic mass is 9.45. The first kappa shape index (κ1) is 17.3. The predicted octanol–water partition coefficient (Wildman–Crippen LogP) is 4.13. The molecule has 0 saturated heterocycles. The number of hydrogen-bond acceptors (Lipinski definition) is 2. The van der Waals surface area contributed by atoms with Crippen molar-refractivity contribution in [1.82, 2.24) is 10.6 Å². The summed E-state index contributed by atoms with van der Waals surface area (Å²) in [7, 11) is 0. The minimum atomic E-state index is 0.609. The first-order chi connectivity index (χ1) is 11.1. The zero-order valence-electron chi connectivity index (χ0n) is 14.6. The Morgan fingerprint density at radius 2 is 1.87 bits per heavy atom. The third kappa shape index (κ3) is 3.92. The predicted molar refractivity (Wildman–Crippen MR) is 99.0 cm³/mol. The Hall–Kier alpha value is -0.570. The highest BCUT2D eigenvalue weighted by molar-refractivity contribution is 6.31. The third-order valence-electron chi connectivity index (χ3n) is 6.42. The minimum Gasteiger partial charge on any atom is -0.315 e. The number of benzene rings is 1. The summed E-state index contributed by atoms with van der Waals surface area (Å²) >= 11 is 6.17. The fraction of sp³-hybridized carbons (Fsp3) is 0.700. The molecule has 2 bridgehead atoms. The van der Waals surface area contributed by atoms with E-state index in [0.29, 0.717) is 5.41 Å². The van der Waals surface area contributed by atoms with Crippen molar-refractivity contribution in [3.63, 3.8) is 0 Å². The Balaban J connectivity index is 1.26. The summed E-state index contributed by atoms with van der Waals surface area (Å²) in [6.45, 7) is 9.26. The van der Waals surface area contributed by atoms with Gasteiger partial charge in [0.25, 0.3) is 0 Å². The van der Waals surface area contributed by atoms with Gasteiger partial charge < -0.3 is 10.6 Å². The molecule has 0 aromatic heterocycles. The van der Waals surface area contributed by atoms with Crippen molar-refractivity contribution >= 4 is 11.6 Å². The molecule has 4 rings (SSSR count). The fourth-order valence-corrected chi connectivity index (χ4v) is 4.95. The molecular formula is C20H31ClN2. The van der Waals surface area contributed by atoms with Crippen molar-refractivity contribution in [2.45, 2.75) is 39.5 Å². The molecular weight excluding hydrogens is 304 g/mol. The van der Waals surface area contributed by atoms with Gasteiger partial charge in [0.15, 0.2) is 0 Å². The van der Waals surface area contributed by atoms with Gasteiger partial charge in [-0.2, -0.15) is 0 Å². The molecule has 3 fully saturated rings. The van der Waals surface area contributed by atoms with Gasteiger partial charge in [-0.05, 0) is 73.6 Å². The molecule has 1 aromatic rings. The second kappa shape index (κ2) is 7.55. The first-order valence-electron chi connectivity index (χ1n) is 9.24. The first-order valence-corrected chi connectivity index (χ1v) is 9.61. The van der Waals surface area contributed by atoms with E-state index in [9.17, 15) is 0 Å². The van der Waals surface area contributed by atoms with Gasteiger partial charge in [-0.1, -0.05) is 43.6 Å². The molecule has 0 unspecified atom stereocenters. The monoisotopic (exact) mass is 334 g/mol. The lowest BCUT2D eigenvalue weighted by Gasteiger charge is -2.60. The van der Waals surface area contributed by atoms with Crippen LogP contribution >= 0.6 is 11.6 Å². The number of rotatable bonds is 8. The second-order valence-corrected chi connectivity index (χ2v) is 8.40. The van der Waals surface area contributed by atoms with Crippen molar-refractivity contribution in [1.29, 1.82) is 0 Å². The van der Waals surface area contributed by atoms with Crippen LogP contribution < -0.4 is 10.6 Å². The molecule has 3 aliphatic carbocycles. The Bertz CT molecular complexity index is 512. The SMILES string of the molecule is CC1(C)[C@H]2CC[C@@H](CNCCNCCc3ccccc3Cl)[C@@H]1C2.